The normalized spacial score (nSPS) is 29.3. The van der Waals surface area contributed by atoms with E-state index in [0.29, 0.717) is 6.42 Å². The van der Waals surface area contributed by atoms with Gasteiger partial charge in [-0.1, -0.05) is 27.7 Å². The van der Waals surface area contributed by atoms with Crippen LogP contribution in [0.4, 0.5) is 0 Å². The molecule has 0 aromatic rings. The maximum atomic E-state index is 12.2. The number of amides is 1. The van der Waals surface area contributed by atoms with E-state index in [1.165, 1.54) is 12.0 Å². The number of hydrogen-bond donors (Lipinski definition) is 1. The second kappa shape index (κ2) is 4.64. The molecule has 1 aliphatic rings. The van der Waals surface area contributed by atoms with Crippen molar-refractivity contribution in [1.29, 1.82) is 0 Å². The molecule has 98 valence electrons. The second-order valence-electron chi connectivity index (χ2n) is 5.63. The molecule has 2 unspecified atom stereocenters. The lowest BCUT2D eigenvalue weighted by molar-refractivity contribution is -0.161. The molecule has 1 saturated heterocycles. The van der Waals surface area contributed by atoms with Gasteiger partial charge in [-0.15, -0.1) is 0 Å². The lowest BCUT2D eigenvalue weighted by Gasteiger charge is -2.32. The Balaban J connectivity index is 3.00. The third-order valence-electron chi connectivity index (χ3n) is 3.07. The van der Waals surface area contributed by atoms with Crippen LogP contribution in [0.5, 0.6) is 0 Å². The topological polar surface area (TPSA) is 66.8 Å². The Labute approximate surface area is 102 Å². The predicted molar refractivity (Wildman–Crippen MR) is 61.9 cm³/mol. The summed E-state index contributed by atoms with van der Waals surface area (Å²) in [6.07, 6.45) is -0.471. The average Bonchev–Trinajstić information content (AvgIpc) is 2.52. The van der Waals surface area contributed by atoms with E-state index in [9.17, 15) is 14.7 Å². The summed E-state index contributed by atoms with van der Waals surface area (Å²) in [6, 6.07) is -0.670. The van der Waals surface area contributed by atoms with Crippen molar-refractivity contribution in [3.63, 3.8) is 0 Å². The number of carbonyl (C=O) groups is 2. The molecule has 5 nitrogen and oxygen atoms in total. The molecule has 0 saturated carbocycles. The Morgan fingerprint density at radius 3 is 2.29 bits per heavy atom. The zero-order valence-electron chi connectivity index (χ0n) is 11.1. The van der Waals surface area contributed by atoms with E-state index < -0.39 is 23.7 Å². The molecule has 0 aromatic carbocycles. The van der Waals surface area contributed by atoms with Gasteiger partial charge in [0.2, 0.25) is 5.91 Å². The van der Waals surface area contributed by atoms with Crippen LogP contribution in [0.3, 0.4) is 0 Å². The van der Waals surface area contributed by atoms with E-state index in [4.69, 9.17) is 0 Å². The monoisotopic (exact) mass is 243 g/mol. The fourth-order valence-corrected chi connectivity index (χ4v) is 2.04. The molecule has 1 heterocycles. The Morgan fingerprint density at radius 2 is 1.88 bits per heavy atom. The van der Waals surface area contributed by atoms with E-state index in [2.05, 4.69) is 4.74 Å². The SMILES string of the molecule is COC(=O)[C@@H]1CC(C)C(O)N1C(=O)C(C)(C)C. The lowest BCUT2D eigenvalue weighted by atomic mass is 9.94. The number of carbonyl (C=O) groups excluding carboxylic acids is 2. The largest absolute Gasteiger partial charge is 0.467 e. The zero-order chi connectivity index (χ0) is 13.4. The first-order chi connectivity index (χ1) is 7.70. The summed E-state index contributed by atoms with van der Waals surface area (Å²) in [7, 11) is 1.29. The summed E-state index contributed by atoms with van der Waals surface area (Å²) >= 11 is 0. The number of rotatable bonds is 1. The molecule has 1 amide bonds. The number of hydrogen-bond acceptors (Lipinski definition) is 4. The highest BCUT2D eigenvalue weighted by Crippen LogP contribution is 2.32. The molecule has 5 heteroatoms. The maximum Gasteiger partial charge on any atom is 0.328 e. The van der Waals surface area contributed by atoms with Crippen LogP contribution >= 0.6 is 0 Å². The van der Waals surface area contributed by atoms with Crippen LogP contribution in [0, 0.1) is 11.3 Å². The molecular formula is C12H21NO4. The van der Waals surface area contributed by atoms with Crippen molar-refractivity contribution in [1.82, 2.24) is 4.90 Å². The van der Waals surface area contributed by atoms with Crippen LogP contribution in [0.1, 0.15) is 34.1 Å². The minimum atomic E-state index is -0.911. The maximum absolute atomic E-state index is 12.2. The lowest BCUT2D eigenvalue weighted by Crippen LogP contribution is -2.50. The Morgan fingerprint density at radius 1 is 1.35 bits per heavy atom. The van der Waals surface area contributed by atoms with Crippen molar-refractivity contribution in [2.45, 2.75) is 46.4 Å². The molecule has 1 fully saturated rings. The van der Waals surface area contributed by atoms with Gasteiger partial charge in [0.25, 0.3) is 0 Å². The van der Waals surface area contributed by atoms with Crippen molar-refractivity contribution in [2.24, 2.45) is 11.3 Å². The van der Waals surface area contributed by atoms with Crippen molar-refractivity contribution >= 4 is 11.9 Å². The minimum Gasteiger partial charge on any atom is -0.467 e. The highest BCUT2D eigenvalue weighted by molar-refractivity contribution is 5.88. The van der Waals surface area contributed by atoms with Gasteiger partial charge >= 0.3 is 5.97 Å². The molecule has 3 atom stereocenters. The molecule has 1 aliphatic heterocycles. The number of ether oxygens (including phenoxy) is 1. The van der Waals surface area contributed by atoms with Gasteiger partial charge in [-0.2, -0.15) is 0 Å². The van der Waals surface area contributed by atoms with Crippen LogP contribution in [0.2, 0.25) is 0 Å². The fourth-order valence-electron chi connectivity index (χ4n) is 2.04. The summed E-state index contributed by atoms with van der Waals surface area (Å²) in [6.45, 7) is 7.11. The fraction of sp³-hybridized carbons (Fsp3) is 0.833. The molecular weight excluding hydrogens is 222 g/mol. The first-order valence-corrected chi connectivity index (χ1v) is 5.78. The summed E-state index contributed by atoms with van der Waals surface area (Å²) in [5.74, 6) is -0.818. The van der Waals surface area contributed by atoms with Gasteiger partial charge in [-0.25, -0.2) is 4.79 Å². The summed E-state index contributed by atoms with van der Waals surface area (Å²) in [4.78, 5) is 25.1. The molecule has 0 aliphatic carbocycles. The highest BCUT2D eigenvalue weighted by Gasteiger charge is 2.47. The van der Waals surface area contributed by atoms with Crippen molar-refractivity contribution in [3.8, 4) is 0 Å². The van der Waals surface area contributed by atoms with E-state index in [-0.39, 0.29) is 11.8 Å². The smallest absolute Gasteiger partial charge is 0.328 e. The number of nitrogens with zero attached hydrogens (tertiary/aromatic N) is 1. The Kier molecular flexibility index (Phi) is 3.81. The number of aliphatic hydroxyl groups is 1. The van der Waals surface area contributed by atoms with Crippen LogP contribution in [0.25, 0.3) is 0 Å². The summed E-state index contributed by atoms with van der Waals surface area (Å²) < 4.78 is 4.68. The van der Waals surface area contributed by atoms with Gasteiger partial charge in [0.05, 0.1) is 7.11 Å². The summed E-state index contributed by atoms with van der Waals surface area (Å²) in [5, 5.41) is 10.0. The van der Waals surface area contributed by atoms with Gasteiger partial charge in [-0.05, 0) is 6.42 Å². The first kappa shape index (κ1) is 14.0. The molecule has 1 rings (SSSR count). The zero-order valence-corrected chi connectivity index (χ0v) is 11.1. The molecule has 0 spiro atoms. The third kappa shape index (κ3) is 2.60. The Bertz CT molecular complexity index is 321. The van der Waals surface area contributed by atoms with Gasteiger partial charge in [0.1, 0.15) is 12.3 Å². The van der Waals surface area contributed by atoms with Crippen LogP contribution < -0.4 is 0 Å². The van der Waals surface area contributed by atoms with E-state index in [1.54, 1.807) is 20.8 Å². The van der Waals surface area contributed by atoms with Crippen LogP contribution in [-0.2, 0) is 14.3 Å². The van der Waals surface area contributed by atoms with Crippen molar-refractivity contribution < 1.29 is 19.4 Å². The highest BCUT2D eigenvalue weighted by atomic mass is 16.5. The second-order valence-corrected chi connectivity index (χ2v) is 5.63. The third-order valence-corrected chi connectivity index (χ3v) is 3.07. The predicted octanol–water partition coefficient (Wildman–Crippen LogP) is 0.761. The van der Waals surface area contributed by atoms with E-state index in [1.807, 2.05) is 6.92 Å². The van der Waals surface area contributed by atoms with E-state index >= 15 is 0 Å². The van der Waals surface area contributed by atoms with Crippen molar-refractivity contribution in [3.05, 3.63) is 0 Å². The van der Waals surface area contributed by atoms with Gasteiger partial charge in [0, 0.05) is 11.3 Å². The number of esters is 1. The first-order valence-electron chi connectivity index (χ1n) is 5.78. The number of aliphatic hydroxyl groups excluding tert-OH is 1. The van der Waals surface area contributed by atoms with Gasteiger partial charge in [0.15, 0.2) is 0 Å². The van der Waals surface area contributed by atoms with E-state index in [0.717, 1.165) is 0 Å². The summed E-state index contributed by atoms with van der Waals surface area (Å²) in [5.41, 5.74) is -0.628. The average molecular weight is 243 g/mol. The molecule has 0 radical (unpaired) electrons. The molecule has 0 bridgehead atoms. The van der Waals surface area contributed by atoms with Gasteiger partial charge < -0.3 is 14.7 Å². The van der Waals surface area contributed by atoms with Crippen molar-refractivity contribution in [2.75, 3.05) is 7.11 Å². The number of likely N-dealkylation sites (tertiary alicyclic amines) is 1. The van der Waals surface area contributed by atoms with Crippen LogP contribution in [-0.4, -0.2) is 41.3 Å². The molecule has 17 heavy (non-hydrogen) atoms. The molecule has 1 N–H and O–H groups in total. The minimum absolute atomic E-state index is 0.120. The molecule has 0 aromatic heterocycles. The van der Waals surface area contributed by atoms with Gasteiger partial charge in [-0.3, -0.25) is 4.79 Å². The quantitative estimate of drug-likeness (QED) is 0.690. The standard InChI is InChI=1S/C12H21NO4/c1-7-6-8(10(15)17-5)13(9(7)14)11(16)12(2,3)4/h7-9,14H,6H2,1-5H3/t7?,8-,9?/m0/s1. The van der Waals surface area contributed by atoms with Crippen LogP contribution in [0.15, 0.2) is 0 Å². The number of methoxy groups -OCH3 is 1. The Hall–Kier alpha value is -1.10.